The van der Waals surface area contributed by atoms with Crippen LogP contribution in [0.5, 0.6) is 0 Å². The summed E-state index contributed by atoms with van der Waals surface area (Å²) >= 11 is 3.01. The number of allylic oxidation sites excluding steroid dienone is 2. The van der Waals surface area contributed by atoms with Gasteiger partial charge in [0.1, 0.15) is 0 Å². The van der Waals surface area contributed by atoms with Crippen LogP contribution in [0.15, 0.2) is 40.7 Å². The fourth-order valence-corrected chi connectivity index (χ4v) is 2.42. The summed E-state index contributed by atoms with van der Waals surface area (Å²) < 4.78 is 0.925. The molecule has 0 amide bonds. The monoisotopic (exact) mass is 295 g/mol. The highest BCUT2D eigenvalue weighted by Gasteiger charge is 2.04. The summed E-state index contributed by atoms with van der Waals surface area (Å²) in [7, 11) is 0. The lowest BCUT2D eigenvalue weighted by Gasteiger charge is -1.96. The zero-order valence-electron chi connectivity index (χ0n) is 10.5. The van der Waals surface area contributed by atoms with Gasteiger partial charge in [0.15, 0.2) is 5.78 Å². The number of benzene rings is 1. The molecule has 0 aliphatic rings. The number of nitro groups is 1. The molecule has 0 N–H and O–H groups in total. The molecule has 6 heteroatoms. The number of thioether (sulfide) groups is 2. The molecular formula is C13H13NO3S2. The van der Waals surface area contributed by atoms with Crippen LogP contribution in [-0.2, 0) is 4.79 Å². The Labute approximate surface area is 120 Å². The number of hydrogen-bond acceptors (Lipinski definition) is 5. The minimum atomic E-state index is -0.460. The molecule has 1 aromatic rings. The van der Waals surface area contributed by atoms with Crippen LogP contribution in [0.25, 0.3) is 6.08 Å². The fourth-order valence-electron chi connectivity index (χ4n) is 1.29. The molecule has 0 spiro atoms. The first-order valence-corrected chi connectivity index (χ1v) is 7.78. The van der Waals surface area contributed by atoms with E-state index in [-0.39, 0.29) is 11.5 Å². The maximum Gasteiger partial charge on any atom is 0.270 e. The van der Waals surface area contributed by atoms with Gasteiger partial charge in [-0.05, 0) is 24.2 Å². The highest BCUT2D eigenvalue weighted by Crippen LogP contribution is 2.23. The molecule has 0 saturated heterocycles. The van der Waals surface area contributed by atoms with E-state index in [1.54, 1.807) is 24.3 Å². The SMILES string of the molecule is CSC(=CC(=O)/C=C/c1cccc([N+](=O)[O-])c1)SC. The van der Waals surface area contributed by atoms with Gasteiger partial charge in [0.2, 0.25) is 0 Å². The number of non-ortho nitro benzene ring substituents is 1. The number of rotatable bonds is 6. The van der Waals surface area contributed by atoms with E-state index in [0.717, 1.165) is 4.24 Å². The standard InChI is InChI=1S/C13H13NO3S2/c1-18-13(19-2)9-12(15)7-6-10-4-3-5-11(8-10)14(16)17/h3-9H,1-2H3/b7-6+. The van der Waals surface area contributed by atoms with Crippen molar-refractivity contribution < 1.29 is 9.72 Å². The van der Waals surface area contributed by atoms with Crippen molar-refractivity contribution in [2.24, 2.45) is 0 Å². The molecule has 0 radical (unpaired) electrons. The van der Waals surface area contributed by atoms with Crippen LogP contribution in [0.4, 0.5) is 5.69 Å². The van der Waals surface area contributed by atoms with Crippen LogP contribution in [0, 0.1) is 10.1 Å². The van der Waals surface area contributed by atoms with Crippen molar-refractivity contribution in [3.63, 3.8) is 0 Å². The number of hydrogen-bond donors (Lipinski definition) is 0. The molecule has 1 rings (SSSR count). The highest BCUT2D eigenvalue weighted by molar-refractivity contribution is 8.21. The van der Waals surface area contributed by atoms with E-state index in [4.69, 9.17) is 0 Å². The molecule has 1 aromatic carbocycles. The summed E-state index contributed by atoms with van der Waals surface area (Å²) in [6.07, 6.45) is 8.33. The number of nitro benzene ring substituents is 1. The van der Waals surface area contributed by atoms with Crippen molar-refractivity contribution >= 4 is 41.1 Å². The van der Waals surface area contributed by atoms with Gasteiger partial charge in [-0.15, -0.1) is 23.5 Å². The van der Waals surface area contributed by atoms with E-state index in [1.807, 2.05) is 12.5 Å². The first-order valence-electron chi connectivity index (χ1n) is 5.33. The summed E-state index contributed by atoms with van der Waals surface area (Å²) in [4.78, 5) is 21.8. The first kappa shape index (κ1) is 15.5. The molecular weight excluding hydrogens is 282 g/mol. The van der Waals surface area contributed by atoms with E-state index >= 15 is 0 Å². The Bertz CT molecular complexity index is 532. The Balaban J connectivity index is 2.82. The topological polar surface area (TPSA) is 60.2 Å². The summed E-state index contributed by atoms with van der Waals surface area (Å²) in [5, 5.41) is 10.6. The number of ketones is 1. The van der Waals surface area contributed by atoms with E-state index < -0.39 is 4.92 Å². The van der Waals surface area contributed by atoms with Gasteiger partial charge in [-0.25, -0.2) is 0 Å². The van der Waals surface area contributed by atoms with Crippen LogP contribution in [0.3, 0.4) is 0 Å². The summed E-state index contributed by atoms with van der Waals surface area (Å²) in [5.74, 6) is -0.134. The Morgan fingerprint density at radius 1 is 1.32 bits per heavy atom. The quantitative estimate of drug-likeness (QED) is 0.454. The van der Waals surface area contributed by atoms with Gasteiger partial charge in [-0.3, -0.25) is 14.9 Å². The van der Waals surface area contributed by atoms with Crippen molar-refractivity contribution in [2.75, 3.05) is 12.5 Å². The van der Waals surface area contributed by atoms with Gasteiger partial charge in [0, 0.05) is 22.4 Å². The number of carbonyl (C=O) groups is 1. The number of carbonyl (C=O) groups excluding carboxylic acids is 1. The Kier molecular flexibility index (Phi) is 6.38. The van der Waals surface area contributed by atoms with E-state index in [2.05, 4.69) is 0 Å². The predicted molar refractivity (Wildman–Crippen MR) is 82.3 cm³/mol. The predicted octanol–water partition coefficient (Wildman–Crippen LogP) is 3.74. The average molecular weight is 295 g/mol. The molecule has 0 heterocycles. The van der Waals surface area contributed by atoms with Gasteiger partial charge in [0.05, 0.1) is 4.92 Å². The Hall–Kier alpha value is -1.53. The van der Waals surface area contributed by atoms with Crippen LogP contribution in [-0.4, -0.2) is 23.2 Å². The molecule has 0 aliphatic carbocycles. The summed E-state index contributed by atoms with van der Waals surface area (Å²) in [6, 6.07) is 6.15. The van der Waals surface area contributed by atoms with Crippen molar-refractivity contribution in [3.8, 4) is 0 Å². The maximum absolute atomic E-state index is 11.6. The third-order valence-electron chi connectivity index (χ3n) is 2.18. The normalized spacial score (nSPS) is 10.4. The third-order valence-corrected chi connectivity index (χ3v) is 4.22. The molecule has 19 heavy (non-hydrogen) atoms. The Morgan fingerprint density at radius 2 is 2.00 bits per heavy atom. The molecule has 0 saturated carbocycles. The fraction of sp³-hybridized carbons (Fsp3) is 0.154. The Morgan fingerprint density at radius 3 is 2.58 bits per heavy atom. The average Bonchev–Trinajstić information content (AvgIpc) is 2.42. The van der Waals surface area contributed by atoms with Crippen LogP contribution < -0.4 is 0 Å². The van der Waals surface area contributed by atoms with E-state index in [9.17, 15) is 14.9 Å². The second-order valence-corrected chi connectivity index (χ2v) is 5.41. The molecule has 0 atom stereocenters. The summed E-state index contributed by atoms with van der Waals surface area (Å²) in [6.45, 7) is 0. The zero-order chi connectivity index (χ0) is 14.3. The highest BCUT2D eigenvalue weighted by atomic mass is 32.2. The molecule has 100 valence electrons. The van der Waals surface area contributed by atoms with Gasteiger partial charge < -0.3 is 0 Å². The first-order chi connectivity index (χ1) is 9.06. The van der Waals surface area contributed by atoms with Gasteiger partial charge in [-0.2, -0.15) is 0 Å². The van der Waals surface area contributed by atoms with Gasteiger partial charge in [-0.1, -0.05) is 18.2 Å². The van der Waals surface area contributed by atoms with Crippen LogP contribution in [0.2, 0.25) is 0 Å². The van der Waals surface area contributed by atoms with Crippen molar-refractivity contribution in [3.05, 3.63) is 56.3 Å². The van der Waals surface area contributed by atoms with E-state index in [0.29, 0.717) is 5.56 Å². The maximum atomic E-state index is 11.6. The van der Waals surface area contributed by atoms with Gasteiger partial charge >= 0.3 is 0 Å². The lowest BCUT2D eigenvalue weighted by Crippen LogP contribution is -1.89. The smallest absolute Gasteiger partial charge is 0.270 e. The van der Waals surface area contributed by atoms with Crippen molar-refractivity contribution in [1.82, 2.24) is 0 Å². The second kappa shape index (κ2) is 7.81. The number of nitrogens with zero attached hydrogens (tertiary/aromatic N) is 1. The lowest BCUT2D eigenvalue weighted by molar-refractivity contribution is -0.384. The molecule has 4 nitrogen and oxygen atoms in total. The molecule has 0 fully saturated rings. The molecule has 0 aliphatic heterocycles. The zero-order valence-corrected chi connectivity index (χ0v) is 12.2. The summed E-state index contributed by atoms with van der Waals surface area (Å²) in [5.41, 5.74) is 0.643. The molecule has 0 unspecified atom stereocenters. The van der Waals surface area contributed by atoms with Crippen molar-refractivity contribution in [2.45, 2.75) is 0 Å². The minimum absolute atomic E-state index is 0.0130. The molecule has 0 bridgehead atoms. The minimum Gasteiger partial charge on any atom is -0.290 e. The van der Waals surface area contributed by atoms with Crippen LogP contribution in [0.1, 0.15) is 5.56 Å². The van der Waals surface area contributed by atoms with E-state index in [1.165, 1.54) is 41.7 Å². The lowest BCUT2D eigenvalue weighted by atomic mass is 10.2. The van der Waals surface area contributed by atoms with Crippen molar-refractivity contribution in [1.29, 1.82) is 0 Å². The third kappa shape index (κ3) is 5.32. The largest absolute Gasteiger partial charge is 0.290 e. The van der Waals surface area contributed by atoms with Gasteiger partial charge in [0.25, 0.3) is 5.69 Å². The molecule has 0 aromatic heterocycles. The second-order valence-electron chi connectivity index (χ2n) is 3.46. The van der Waals surface area contributed by atoms with Crippen LogP contribution >= 0.6 is 23.5 Å².